The van der Waals surface area contributed by atoms with Crippen LogP contribution in [0.3, 0.4) is 0 Å². The van der Waals surface area contributed by atoms with Crippen molar-refractivity contribution in [3.05, 3.63) is 29.8 Å². The van der Waals surface area contributed by atoms with Gasteiger partial charge >= 0.3 is 0 Å². The highest BCUT2D eigenvalue weighted by atomic mass is 16.5. The molecule has 90 valence electrons. The number of unbranched alkanes of at least 4 members (excludes halogenated alkanes) is 3. The zero-order chi connectivity index (χ0) is 11.6. The molecule has 0 aliphatic carbocycles. The maximum Gasteiger partial charge on any atom is 0.124 e. The zero-order valence-electron chi connectivity index (χ0n) is 9.56. The molecule has 1 aromatic carbocycles. The molecule has 0 radical (unpaired) electrons. The molecule has 0 atom stereocenters. The summed E-state index contributed by atoms with van der Waals surface area (Å²) in [6, 6.07) is 7.53. The predicted octanol–water partition coefficient (Wildman–Crippen LogP) is 2.11. The molecule has 3 nitrogen and oxygen atoms in total. The third kappa shape index (κ3) is 4.64. The SMILES string of the molecule is OCCCCCCOc1ccccc1CO. The average molecular weight is 224 g/mol. The zero-order valence-corrected chi connectivity index (χ0v) is 9.56. The summed E-state index contributed by atoms with van der Waals surface area (Å²) in [6.45, 7) is 0.956. The molecular formula is C13H20O3. The van der Waals surface area contributed by atoms with Crippen LogP contribution < -0.4 is 4.74 Å². The third-order valence-corrected chi connectivity index (χ3v) is 2.45. The van der Waals surface area contributed by atoms with Gasteiger partial charge in [-0.15, -0.1) is 0 Å². The molecule has 0 spiro atoms. The molecule has 1 aromatic rings. The summed E-state index contributed by atoms with van der Waals surface area (Å²) in [5, 5.41) is 17.7. The molecule has 0 saturated heterocycles. The van der Waals surface area contributed by atoms with Gasteiger partial charge in [-0.3, -0.25) is 0 Å². The second kappa shape index (κ2) is 8.13. The van der Waals surface area contributed by atoms with Crippen LogP contribution >= 0.6 is 0 Å². The Kier molecular flexibility index (Phi) is 6.61. The molecule has 2 N–H and O–H groups in total. The van der Waals surface area contributed by atoms with Crippen molar-refractivity contribution in [1.82, 2.24) is 0 Å². The van der Waals surface area contributed by atoms with E-state index in [1.54, 1.807) is 0 Å². The Labute approximate surface area is 96.7 Å². The van der Waals surface area contributed by atoms with Gasteiger partial charge in [-0.05, 0) is 25.3 Å². The van der Waals surface area contributed by atoms with Gasteiger partial charge in [0.2, 0.25) is 0 Å². The van der Waals surface area contributed by atoms with Gasteiger partial charge in [0.1, 0.15) is 5.75 Å². The molecule has 0 aliphatic heterocycles. The molecule has 0 aromatic heterocycles. The lowest BCUT2D eigenvalue weighted by Gasteiger charge is -2.09. The Morgan fingerprint density at radius 3 is 2.44 bits per heavy atom. The number of hydrogen-bond donors (Lipinski definition) is 2. The quantitative estimate of drug-likeness (QED) is 0.665. The van der Waals surface area contributed by atoms with Crippen molar-refractivity contribution >= 4 is 0 Å². The highest BCUT2D eigenvalue weighted by molar-refractivity contribution is 5.32. The van der Waals surface area contributed by atoms with Crippen molar-refractivity contribution in [2.45, 2.75) is 32.3 Å². The van der Waals surface area contributed by atoms with Gasteiger partial charge in [0.15, 0.2) is 0 Å². The topological polar surface area (TPSA) is 49.7 Å². The molecule has 0 bridgehead atoms. The monoisotopic (exact) mass is 224 g/mol. The first kappa shape index (κ1) is 13.0. The predicted molar refractivity (Wildman–Crippen MR) is 63.4 cm³/mol. The number of rotatable bonds is 8. The van der Waals surface area contributed by atoms with E-state index in [0.717, 1.165) is 37.0 Å². The number of hydrogen-bond acceptors (Lipinski definition) is 3. The summed E-state index contributed by atoms with van der Waals surface area (Å²) >= 11 is 0. The number of benzene rings is 1. The Hall–Kier alpha value is -1.06. The first-order valence-corrected chi connectivity index (χ1v) is 5.81. The molecule has 0 heterocycles. The first-order valence-electron chi connectivity index (χ1n) is 5.81. The van der Waals surface area contributed by atoms with Gasteiger partial charge in [0.05, 0.1) is 13.2 Å². The van der Waals surface area contributed by atoms with Gasteiger partial charge in [0, 0.05) is 12.2 Å². The van der Waals surface area contributed by atoms with Crippen LogP contribution in [0.2, 0.25) is 0 Å². The second-order valence-corrected chi connectivity index (χ2v) is 3.75. The minimum atomic E-state index is 0.0146. The Balaban J connectivity index is 2.21. The highest BCUT2D eigenvalue weighted by Gasteiger charge is 2.00. The van der Waals surface area contributed by atoms with E-state index >= 15 is 0 Å². The molecule has 0 unspecified atom stereocenters. The molecule has 1 rings (SSSR count). The lowest BCUT2D eigenvalue weighted by molar-refractivity contribution is 0.256. The first-order chi connectivity index (χ1) is 7.88. The van der Waals surface area contributed by atoms with Crippen LogP contribution in [0.5, 0.6) is 5.75 Å². The molecule has 0 fully saturated rings. The van der Waals surface area contributed by atoms with E-state index in [0.29, 0.717) is 6.61 Å². The van der Waals surface area contributed by atoms with Crippen LogP contribution in [0.15, 0.2) is 24.3 Å². The number of para-hydroxylation sites is 1. The van der Waals surface area contributed by atoms with Gasteiger partial charge in [-0.2, -0.15) is 0 Å². The van der Waals surface area contributed by atoms with E-state index in [9.17, 15) is 0 Å². The normalized spacial score (nSPS) is 10.4. The number of ether oxygens (including phenoxy) is 1. The summed E-state index contributed by atoms with van der Waals surface area (Å²) in [7, 11) is 0. The van der Waals surface area contributed by atoms with Crippen LogP contribution in [-0.4, -0.2) is 23.4 Å². The largest absolute Gasteiger partial charge is 0.493 e. The smallest absolute Gasteiger partial charge is 0.124 e. The van der Waals surface area contributed by atoms with Crippen LogP contribution in [0.1, 0.15) is 31.2 Å². The summed E-state index contributed by atoms with van der Waals surface area (Å²) in [4.78, 5) is 0. The fraction of sp³-hybridized carbons (Fsp3) is 0.538. The van der Waals surface area contributed by atoms with Gasteiger partial charge in [-0.25, -0.2) is 0 Å². The van der Waals surface area contributed by atoms with Crippen molar-refractivity contribution in [3.8, 4) is 5.75 Å². The Morgan fingerprint density at radius 1 is 0.938 bits per heavy atom. The molecule has 0 amide bonds. The summed E-state index contributed by atoms with van der Waals surface area (Å²) in [5.74, 6) is 0.771. The van der Waals surface area contributed by atoms with E-state index in [-0.39, 0.29) is 13.2 Å². The Bertz CT molecular complexity index is 286. The lowest BCUT2D eigenvalue weighted by Crippen LogP contribution is -2.00. The third-order valence-electron chi connectivity index (χ3n) is 2.45. The molecule has 0 saturated carbocycles. The van der Waals surface area contributed by atoms with E-state index in [1.165, 1.54) is 0 Å². The van der Waals surface area contributed by atoms with Gasteiger partial charge in [0.25, 0.3) is 0 Å². The van der Waals surface area contributed by atoms with Crippen molar-refractivity contribution in [2.24, 2.45) is 0 Å². The summed E-state index contributed by atoms with van der Waals surface area (Å²) in [5.41, 5.74) is 0.831. The summed E-state index contributed by atoms with van der Waals surface area (Å²) in [6.07, 6.45) is 3.97. The van der Waals surface area contributed by atoms with Crippen molar-refractivity contribution in [2.75, 3.05) is 13.2 Å². The number of aliphatic hydroxyl groups is 2. The van der Waals surface area contributed by atoms with E-state index in [2.05, 4.69) is 0 Å². The van der Waals surface area contributed by atoms with E-state index in [1.807, 2.05) is 24.3 Å². The van der Waals surface area contributed by atoms with Crippen molar-refractivity contribution < 1.29 is 14.9 Å². The van der Waals surface area contributed by atoms with Gasteiger partial charge in [-0.1, -0.05) is 24.6 Å². The molecule has 0 aliphatic rings. The van der Waals surface area contributed by atoms with Crippen LogP contribution in [0, 0.1) is 0 Å². The maximum absolute atomic E-state index is 9.08. The minimum absolute atomic E-state index is 0.0146. The molecule has 3 heteroatoms. The highest BCUT2D eigenvalue weighted by Crippen LogP contribution is 2.18. The summed E-state index contributed by atoms with van der Waals surface area (Å²) < 4.78 is 5.59. The average Bonchev–Trinajstić information content (AvgIpc) is 2.34. The van der Waals surface area contributed by atoms with E-state index in [4.69, 9.17) is 14.9 Å². The van der Waals surface area contributed by atoms with Crippen molar-refractivity contribution in [1.29, 1.82) is 0 Å². The Morgan fingerprint density at radius 2 is 1.69 bits per heavy atom. The molecule has 16 heavy (non-hydrogen) atoms. The molecular weight excluding hydrogens is 204 g/mol. The minimum Gasteiger partial charge on any atom is -0.493 e. The fourth-order valence-electron chi connectivity index (χ4n) is 1.52. The second-order valence-electron chi connectivity index (χ2n) is 3.75. The van der Waals surface area contributed by atoms with Crippen LogP contribution in [-0.2, 0) is 6.61 Å². The number of aliphatic hydroxyl groups excluding tert-OH is 2. The fourth-order valence-corrected chi connectivity index (χ4v) is 1.52. The maximum atomic E-state index is 9.08. The van der Waals surface area contributed by atoms with E-state index < -0.39 is 0 Å². The van der Waals surface area contributed by atoms with Crippen LogP contribution in [0.25, 0.3) is 0 Å². The van der Waals surface area contributed by atoms with Crippen LogP contribution in [0.4, 0.5) is 0 Å². The lowest BCUT2D eigenvalue weighted by atomic mass is 10.2. The standard InChI is InChI=1S/C13H20O3/c14-9-5-1-2-6-10-16-13-8-4-3-7-12(13)11-15/h3-4,7-8,14-15H,1-2,5-6,9-11H2. The van der Waals surface area contributed by atoms with Gasteiger partial charge < -0.3 is 14.9 Å². The van der Waals surface area contributed by atoms with Crippen molar-refractivity contribution in [3.63, 3.8) is 0 Å².